The van der Waals surface area contributed by atoms with Crippen LogP contribution in [0.4, 0.5) is 0 Å². The Kier molecular flexibility index (Phi) is 13.0. The molecule has 4 nitrogen and oxygen atoms in total. The van der Waals surface area contributed by atoms with Gasteiger partial charge in [-0.1, -0.05) is 72.6 Å². The molecule has 1 aliphatic heterocycles. The van der Waals surface area contributed by atoms with Crippen molar-refractivity contribution >= 4 is 5.97 Å². The van der Waals surface area contributed by atoms with Crippen LogP contribution in [0.3, 0.4) is 0 Å². The third-order valence-electron chi connectivity index (χ3n) is 8.54. The normalized spacial score (nSPS) is 18.7. The fraction of sp³-hybridized carbons (Fsp3) is 0.794. The van der Waals surface area contributed by atoms with Crippen LogP contribution in [-0.2, 0) is 16.0 Å². The van der Waals surface area contributed by atoms with E-state index in [1.807, 2.05) is 13.8 Å². The Morgan fingerprint density at radius 1 is 0.842 bits per heavy atom. The summed E-state index contributed by atoms with van der Waals surface area (Å²) in [6.07, 6.45) is 13.7. The SMILES string of the molecule is Cc1c(C)c2c(c(C)c1OCC(=O)OC(C)C)CCC(C)(CCCC(C)CCCC(C)CCCC(C)C)O2. The summed E-state index contributed by atoms with van der Waals surface area (Å²) in [7, 11) is 0. The molecular weight excluding hydrogens is 472 g/mol. The van der Waals surface area contributed by atoms with Crippen molar-refractivity contribution < 1.29 is 19.0 Å². The predicted octanol–water partition coefficient (Wildman–Crippen LogP) is 9.47. The molecule has 38 heavy (non-hydrogen) atoms. The van der Waals surface area contributed by atoms with Gasteiger partial charge in [-0.2, -0.15) is 0 Å². The molecule has 0 saturated carbocycles. The molecule has 0 fully saturated rings. The fourth-order valence-electron chi connectivity index (χ4n) is 5.90. The van der Waals surface area contributed by atoms with Gasteiger partial charge in [-0.15, -0.1) is 0 Å². The first-order valence-electron chi connectivity index (χ1n) is 15.5. The first-order valence-corrected chi connectivity index (χ1v) is 15.5. The average Bonchev–Trinajstić information content (AvgIpc) is 2.81. The number of hydrogen-bond acceptors (Lipinski definition) is 4. The van der Waals surface area contributed by atoms with E-state index >= 15 is 0 Å². The van der Waals surface area contributed by atoms with Gasteiger partial charge in [0, 0.05) is 5.56 Å². The third kappa shape index (κ3) is 10.1. The first kappa shape index (κ1) is 32.5. The van der Waals surface area contributed by atoms with Crippen molar-refractivity contribution in [1.82, 2.24) is 0 Å². The average molecular weight is 531 g/mol. The molecule has 0 bridgehead atoms. The lowest BCUT2D eigenvalue weighted by atomic mass is 9.83. The van der Waals surface area contributed by atoms with Crippen molar-refractivity contribution in [3.8, 4) is 11.5 Å². The summed E-state index contributed by atoms with van der Waals surface area (Å²) in [4.78, 5) is 12.0. The highest BCUT2D eigenvalue weighted by Crippen LogP contribution is 2.45. The molecule has 3 atom stereocenters. The van der Waals surface area contributed by atoms with E-state index in [1.165, 1.54) is 56.9 Å². The molecule has 1 aromatic carbocycles. The standard InChI is InChI=1S/C34H58O4/c1-23(2)14-11-15-25(5)16-12-17-26(6)18-13-20-34(10)21-19-30-29(9)32(27(7)28(8)33(30)38-34)36-22-31(35)37-24(3)4/h23-26H,11-22H2,1-10H3. The van der Waals surface area contributed by atoms with Crippen LogP contribution in [0, 0.1) is 38.5 Å². The van der Waals surface area contributed by atoms with E-state index in [0.29, 0.717) is 0 Å². The van der Waals surface area contributed by atoms with Gasteiger partial charge in [0.2, 0.25) is 0 Å². The smallest absolute Gasteiger partial charge is 0.344 e. The van der Waals surface area contributed by atoms with E-state index in [-0.39, 0.29) is 24.3 Å². The fourth-order valence-corrected chi connectivity index (χ4v) is 5.90. The second-order valence-electron chi connectivity index (χ2n) is 13.2. The maximum Gasteiger partial charge on any atom is 0.344 e. The van der Waals surface area contributed by atoms with Crippen molar-refractivity contribution in [3.05, 3.63) is 22.3 Å². The summed E-state index contributed by atoms with van der Waals surface area (Å²) in [6.45, 7) is 21.7. The van der Waals surface area contributed by atoms with Crippen LogP contribution >= 0.6 is 0 Å². The Morgan fingerprint density at radius 3 is 2.00 bits per heavy atom. The van der Waals surface area contributed by atoms with Gasteiger partial charge in [0.15, 0.2) is 6.61 Å². The van der Waals surface area contributed by atoms with Crippen molar-refractivity contribution in [2.75, 3.05) is 6.61 Å². The second kappa shape index (κ2) is 15.2. The molecule has 3 unspecified atom stereocenters. The molecule has 218 valence electrons. The molecule has 0 aliphatic carbocycles. The number of fused-ring (bicyclic) bond motifs is 1. The maximum absolute atomic E-state index is 12.0. The quantitative estimate of drug-likeness (QED) is 0.200. The Morgan fingerprint density at radius 2 is 1.42 bits per heavy atom. The molecular formula is C34H58O4. The minimum atomic E-state index is -0.330. The number of ether oxygens (including phenoxy) is 3. The van der Waals surface area contributed by atoms with Crippen molar-refractivity contribution in [1.29, 1.82) is 0 Å². The van der Waals surface area contributed by atoms with Gasteiger partial charge in [-0.3, -0.25) is 0 Å². The number of hydrogen-bond donors (Lipinski definition) is 0. The van der Waals surface area contributed by atoms with Crippen LogP contribution in [0.15, 0.2) is 0 Å². The van der Waals surface area contributed by atoms with E-state index < -0.39 is 0 Å². The summed E-state index contributed by atoms with van der Waals surface area (Å²) in [5.74, 6) is 3.99. The molecule has 0 spiro atoms. The van der Waals surface area contributed by atoms with E-state index in [9.17, 15) is 4.79 Å². The minimum absolute atomic E-state index is 0.0636. The van der Waals surface area contributed by atoms with Gasteiger partial charge in [0.1, 0.15) is 17.1 Å². The second-order valence-corrected chi connectivity index (χ2v) is 13.2. The van der Waals surface area contributed by atoms with Gasteiger partial charge in [-0.05, 0) is 102 Å². The van der Waals surface area contributed by atoms with Crippen molar-refractivity contribution in [2.45, 2.75) is 152 Å². The Labute approximate surface area is 234 Å². The van der Waals surface area contributed by atoms with Gasteiger partial charge >= 0.3 is 5.97 Å². The highest BCUT2D eigenvalue weighted by Gasteiger charge is 2.34. The summed E-state index contributed by atoms with van der Waals surface area (Å²) < 4.78 is 18.0. The number of esters is 1. The number of benzene rings is 1. The third-order valence-corrected chi connectivity index (χ3v) is 8.54. The van der Waals surface area contributed by atoms with E-state index in [0.717, 1.165) is 65.2 Å². The molecule has 1 heterocycles. The largest absolute Gasteiger partial charge is 0.487 e. The predicted molar refractivity (Wildman–Crippen MR) is 159 cm³/mol. The zero-order chi connectivity index (χ0) is 28.5. The topological polar surface area (TPSA) is 44.8 Å². The molecule has 0 aromatic heterocycles. The van der Waals surface area contributed by atoms with E-state index in [4.69, 9.17) is 14.2 Å². The lowest BCUT2D eigenvalue weighted by molar-refractivity contribution is -0.149. The minimum Gasteiger partial charge on any atom is -0.487 e. The van der Waals surface area contributed by atoms with Gasteiger partial charge in [0.25, 0.3) is 0 Å². The summed E-state index contributed by atoms with van der Waals surface area (Å²) in [5, 5.41) is 0. The van der Waals surface area contributed by atoms with E-state index in [2.05, 4.69) is 55.4 Å². The summed E-state index contributed by atoms with van der Waals surface area (Å²) in [5.41, 5.74) is 4.38. The summed E-state index contributed by atoms with van der Waals surface area (Å²) >= 11 is 0. The van der Waals surface area contributed by atoms with Crippen LogP contribution in [0.2, 0.25) is 0 Å². The van der Waals surface area contributed by atoms with Crippen molar-refractivity contribution in [3.63, 3.8) is 0 Å². The molecule has 2 rings (SSSR count). The highest BCUT2D eigenvalue weighted by molar-refractivity contribution is 5.71. The highest BCUT2D eigenvalue weighted by atomic mass is 16.6. The molecule has 1 aromatic rings. The van der Waals surface area contributed by atoms with Crippen LogP contribution in [0.1, 0.15) is 135 Å². The molecule has 1 aliphatic rings. The number of carbonyl (C=O) groups excluding carboxylic acids is 1. The Bertz CT molecular complexity index is 887. The number of rotatable bonds is 16. The zero-order valence-corrected chi connectivity index (χ0v) is 26.4. The molecule has 0 amide bonds. The molecule has 0 N–H and O–H groups in total. The molecule has 0 saturated heterocycles. The van der Waals surface area contributed by atoms with Crippen LogP contribution in [0.5, 0.6) is 11.5 Å². The van der Waals surface area contributed by atoms with Crippen LogP contribution in [-0.4, -0.2) is 24.3 Å². The zero-order valence-electron chi connectivity index (χ0n) is 26.4. The van der Waals surface area contributed by atoms with Gasteiger partial charge in [0.05, 0.1) is 6.10 Å². The van der Waals surface area contributed by atoms with Gasteiger partial charge < -0.3 is 14.2 Å². The lowest BCUT2D eigenvalue weighted by Gasteiger charge is -2.38. The van der Waals surface area contributed by atoms with E-state index in [1.54, 1.807) is 0 Å². The van der Waals surface area contributed by atoms with Crippen molar-refractivity contribution in [2.24, 2.45) is 17.8 Å². The lowest BCUT2D eigenvalue weighted by Crippen LogP contribution is -2.37. The summed E-state index contributed by atoms with van der Waals surface area (Å²) in [6, 6.07) is 0. The molecule has 4 heteroatoms. The van der Waals surface area contributed by atoms with Crippen LogP contribution in [0.25, 0.3) is 0 Å². The Balaban J connectivity index is 1.85. The molecule has 0 radical (unpaired) electrons. The first-order chi connectivity index (χ1) is 17.8. The van der Waals surface area contributed by atoms with Gasteiger partial charge in [-0.25, -0.2) is 4.79 Å². The Hall–Kier alpha value is -1.71. The van der Waals surface area contributed by atoms with Crippen LogP contribution < -0.4 is 9.47 Å². The monoisotopic (exact) mass is 530 g/mol. The number of carbonyl (C=O) groups is 1. The maximum atomic E-state index is 12.0.